The Morgan fingerprint density at radius 2 is 2.17 bits per heavy atom. The summed E-state index contributed by atoms with van der Waals surface area (Å²) in [5.74, 6) is 0.358. The minimum atomic E-state index is -0.781. The number of hydrogen-bond acceptors (Lipinski definition) is 6. The number of hydrogen-bond donors (Lipinski definition) is 1. The van der Waals surface area contributed by atoms with Crippen molar-refractivity contribution < 1.29 is 23.6 Å². The fraction of sp³-hybridized carbons (Fsp3) is 0.381. The molecule has 2 amide bonds. The normalized spacial score (nSPS) is 29.4. The summed E-state index contributed by atoms with van der Waals surface area (Å²) in [6, 6.07) is 9.20. The second-order valence-corrected chi connectivity index (χ2v) is 7.69. The quantitative estimate of drug-likeness (QED) is 0.773. The van der Waals surface area contributed by atoms with Crippen molar-refractivity contribution in [1.82, 2.24) is 10.5 Å². The Morgan fingerprint density at radius 1 is 1.38 bits per heavy atom. The van der Waals surface area contributed by atoms with Crippen molar-refractivity contribution in [2.45, 2.75) is 25.2 Å². The van der Waals surface area contributed by atoms with Crippen LogP contribution < -0.4 is 15.0 Å². The Bertz CT molecular complexity index is 998. The average Bonchev–Trinajstić information content (AvgIpc) is 3.47. The highest BCUT2D eigenvalue weighted by Gasteiger charge is 2.67. The SMILES string of the molecule is COc1ccc(CNC(=O)[C@@H]2[C@H]3C=C[C@]4(CN(c5cc(C)on5)C(=O)[C@@H]24)O3)cc1. The van der Waals surface area contributed by atoms with E-state index >= 15 is 0 Å². The second kappa shape index (κ2) is 6.45. The number of anilines is 1. The van der Waals surface area contributed by atoms with Crippen molar-refractivity contribution >= 4 is 17.6 Å². The minimum Gasteiger partial charge on any atom is -0.497 e. The smallest absolute Gasteiger partial charge is 0.235 e. The number of carbonyl (C=O) groups is 2. The minimum absolute atomic E-state index is 0.158. The number of aromatic nitrogens is 1. The van der Waals surface area contributed by atoms with Crippen LogP contribution in [0.25, 0.3) is 0 Å². The summed E-state index contributed by atoms with van der Waals surface area (Å²) in [7, 11) is 1.61. The highest BCUT2D eigenvalue weighted by atomic mass is 16.5. The lowest BCUT2D eigenvalue weighted by Gasteiger charge is -2.23. The molecule has 1 N–H and O–H groups in total. The number of carbonyl (C=O) groups excluding carboxylic acids is 2. The lowest BCUT2D eigenvalue weighted by atomic mass is 9.77. The van der Waals surface area contributed by atoms with E-state index in [0.717, 1.165) is 11.3 Å². The van der Waals surface area contributed by atoms with E-state index in [1.165, 1.54) is 0 Å². The molecule has 150 valence electrons. The van der Waals surface area contributed by atoms with Gasteiger partial charge in [0.2, 0.25) is 11.8 Å². The molecule has 2 saturated heterocycles. The third kappa shape index (κ3) is 2.74. The van der Waals surface area contributed by atoms with E-state index in [-0.39, 0.29) is 17.9 Å². The third-order valence-electron chi connectivity index (χ3n) is 5.92. The van der Waals surface area contributed by atoms with Crippen LogP contribution in [0.3, 0.4) is 0 Å². The molecule has 29 heavy (non-hydrogen) atoms. The molecule has 1 aromatic carbocycles. The first-order valence-corrected chi connectivity index (χ1v) is 9.53. The highest BCUT2D eigenvalue weighted by Crippen LogP contribution is 2.52. The van der Waals surface area contributed by atoms with Gasteiger partial charge in [0.1, 0.15) is 17.1 Å². The molecule has 4 heterocycles. The van der Waals surface area contributed by atoms with Crippen molar-refractivity contribution in [1.29, 1.82) is 0 Å². The van der Waals surface area contributed by atoms with Gasteiger partial charge in [-0.15, -0.1) is 0 Å². The zero-order valence-corrected chi connectivity index (χ0v) is 16.1. The summed E-state index contributed by atoms with van der Waals surface area (Å²) in [4.78, 5) is 27.7. The molecular formula is C21H21N3O5. The van der Waals surface area contributed by atoms with E-state index in [4.69, 9.17) is 14.0 Å². The van der Waals surface area contributed by atoms with Gasteiger partial charge in [0.25, 0.3) is 0 Å². The topological polar surface area (TPSA) is 93.9 Å². The molecule has 2 bridgehead atoms. The van der Waals surface area contributed by atoms with Crippen LogP contribution in [0.2, 0.25) is 0 Å². The summed E-state index contributed by atoms with van der Waals surface area (Å²) in [5, 5.41) is 6.91. The van der Waals surface area contributed by atoms with Crippen molar-refractivity contribution in [3.8, 4) is 5.75 Å². The van der Waals surface area contributed by atoms with Crippen LogP contribution in [0.5, 0.6) is 5.75 Å². The predicted octanol–water partition coefficient (Wildman–Crippen LogP) is 1.59. The van der Waals surface area contributed by atoms with Gasteiger partial charge in [-0.3, -0.25) is 14.5 Å². The van der Waals surface area contributed by atoms with Crippen molar-refractivity contribution in [3.63, 3.8) is 0 Å². The standard InChI is InChI=1S/C21H21N3O5/c1-12-9-16(23-29-12)24-11-21-8-7-15(28-21)17(18(21)20(24)26)19(25)22-10-13-3-5-14(27-2)6-4-13/h3-9,15,17-18H,10-11H2,1-2H3,(H,22,25)/t15-,17-,18-,21-/m1/s1. The van der Waals surface area contributed by atoms with Gasteiger partial charge in [-0.05, 0) is 24.6 Å². The van der Waals surface area contributed by atoms with Crippen LogP contribution in [0, 0.1) is 18.8 Å². The van der Waals surface area contributed by atoms with Crippen LogP contribution in [-0.4, -0.2) is 42.3 Å². The number of rotatable bonds is 5. The number of methoxy groups -OCH3 is 1. The number of nitrogens with one attached hydrogen (secondary N) is 1. The molecule has 1 aromatic heterocycles. The fourth-order valence-corrected chi connectivity index (χ4v) is 4.52. The molecule has 2 fully saturated rings. The van der Waals surface area contributed by atoms with Gasteiger partial charge in [0, 0.05) is 12.6 Å². The fourth-order valence-electron chi connectivity index (χ4n) is 4.52. The van der Waals surface area contributed by atoms with E-state index < -0.39 is 17.4 Å². The van der Waals surface area contributed by atoms with Gasteiger partial charge >= 0.3 is 0 Å². The molecule has 2 aromatic rings. The van der Waals surface area contributed by atoms with Gasteiger partial charge in [0.15, 0.2) is 5.82 Å². The molecule has 8 nitrogen and oxygen atoms in total. The van der Waals surface area contributed by atoms with Crippen LogP contribution in [0.1, 0.15) is 11.3 Å². The monoisotopic (exact) mass is 395 g/mol. The van der Waals surface area contributed by atoms with Gasteiger partial charge in [0.05, 0.1) is 31.6 Å². The Labute approximate surface area is 167 Å². The Kier molecular flexibility index (Phi) is 3.99. The number of aryl methyl sites for hydroxylation is 1. The zero-order valence-electron chi connectivity index (χ0n) is 16.1. The molecule has 0 unspecified atom stereocenters. The number of ether oxygens (including phenoxy) is 2. The van der Waals surface area contributed by atoms with Crippen LogP contribution >= 0.6 is 0 Å². The summed E-state index contributed by atoms with van der Waals surface area (Å²) in [6.45, 7) is 2.47. The lowest BCUT2D eigenvalue weighted by Crippen LogP contribution is -2.44. The second-order valence-electron chi connectivity index (χ2n) is 7.69. The van der Waals surface area contributed by atoms with Crippen molar-refractivity contribution in [2.75, 3.05) is 18.6 Å². The van der Waals surface area contributed by atoms with Crippen LogP contribution in [-0.2, 0) is 20.9 Å². The summed E-state index contributed by atoms with van der Waals surface area (Å²) < 4.78 is 16.4. The number of fused-ring (bicyclic) bond motifs is 1. The largest absolute Gasteiger partial charge is 0.497 e. The molecule has 4 atom stereocenters. The molecule has 3 aliphatic heterocycles. The molecule has 1 spiro atoms. The molecule has 0 aliphatic carbocycles. The molecule has 0 saturated carbocycles. The number of benzene rings is 1. The Balaban J connectivity index is 1.33. The summed E-state index contributed by atoms with van der Waals surface area (Å²) in [6.07, 6.45) is 3.42. The maximum Gasteiger partial charge on any atom is 0.235 e. The number of amides is 2. The van der Waals surface area contributed by atoms with E-state index in [1.807, 2.05) is 36.4 Å². The average molecular weight is 395 g/mol. The van der Waals surface area contributed by atoms with Gasteiger partial charge < -0.3 is 19.3 Å². The van der Waals surface area contributed by atoms with Crippen molar-refractivity contribution in [3.05, 3.63) is 53.8 Å². The third-order valence-corrected chi connectivity index (χ3v) is 5.92. The van der Waals surface area contributed by atoms with E-state index in [2.05, 4.69) is 10.5 Å². The first kappa shape index (κ1) is 17.9. The van der Waals surface area contributed by atoms with Gasteiger partial charge in [-0.1, -0.05) is 29.4 Å². The summed E-state index contributed by atoms with van der Waals surface area (Å²) in [5.41, 5.74) is 0.169. The molecular weight excluding hydrogens is 374 g/mol. The molecule has 5 rings (SSSR count). The van der Waals surface area contributed by atoms with Crippen LogP contribution in [0.4, 0.5) is 5.82 Å². The molecule has 8 heteroatoms. The van der Waals surface area contributed by atoms with Gasteiger partial charge in [-0.2, -0.15) is 0 Å². The van der Waals surface area contributed by atoms with E-state index in [0.29, 0.717) is 24.7 Å². The highest BCUT2D eigenvalue weighted by molar-refractivity contribution is 6.02. The maximum atomic E-state index is 13.2. The Hall–Kier alpha value is -3.13. The van der Waals surface area contributed by atoms with Gasteiger partial charge in [-0.25, -0.2) is 0 Å². The molecule has 0 radical (unpaired) electrons. The van der Waals surface area contributed by atoms with Crippen molar-refractivity contribution in [2.24, 2.45) is 11.8 Å². The maximum absolute atomic E-state index is 13.2. The summed E-state index contributed by atoms with van der Waals surface area (Å²) >= 11 is 0. The van der Waals surface area contributed by atoms with Crippen LogP contribution in [0.15, 0.2) is 47.0 Å². The van der Waals surface area contributed by atoms with E-state index in [1.54, 1.807) is 25.0 Å². The number of nitrogens with zero attached hydrogens (tertiary/aromatic N) is 2. The Morgan fingerprint density at radius 3 is 2.86 bits per heavy atom. The van der Waals surface area contributed by atoms with E-state index in [9.17, 15) is 9.59 Å². The molecule has 3 aliphatic rings. The predicted molar refractivity (Wildman–Crippen MR) is 102 cm³/mol. The first-order chi connectivity index (χ1) is 14.0. The lowest BCUT2D eigenvalue weighted by molar-refractivity contribution is -0.132. The first-order valence-electron chi connectivity index (χ1n) is 9.53. The zero-order chi connectivity index (χ0) is 20.2.